The third kappa shape index (κ3) is 5.41. The van der Waals surface area contributed by atoms with E-state index < -0.39 is 11.1 Å². The van der Waals surface area contributed by atoms with Crippen LogP contribution < -0.4 is 4.74 Å². The monoisotopic (exact) mass is 460 g/mol. The SMILES string of the molecule is Cc1cccc(C)c1-c1cccc(COc2ccc(C(CS(=O)O)c3nccn3C)cc2)c1. The van der Waals surface area contributed by atoms with Crippen LogP contribution in [-0.4, -0.2) is 24.1 Å². The predicted octanol–water partition coefficient (Wildman–Crippen LogP) is 5.64. The van der Waals surface area contributed by atoms with Gasteiger partial charge < -0.3 is 13.9 Å². The average Bonchev–Trinajstić information content (AvgIpc) is 3.22. The van der Waals surface area contributed by atoms with Crippen LogP contribution in [0.5, 0.6) is 5.75 Å². The molecule has 6 heteroatoms. The highest BCUT2D eigenvalue weighted by Crippen LogP contribution is 2.29. The first-order chi connectivity index (χ1) is 15.9. The first kappa shape index (κ1) is 23.0. The first-order valence-electron chi connectivity index (χ1n) is 10.9. The summed E-state index contributed by atoms with van der Waals surface area (Å²) in [7, 11) is 1.89. The number of hydrogen-bond acceptors (Lipinski definition) is 3. The molecule has 0 amide bonds. The Hall–Kier alpha value is -3.22. The summed E-state index contributed by atoms with van der Waals surface area (Å²) in [4.78, 5) is 4.38. The van der Waals surface area contributed by atoms with Gasteiger partial charge >= 0.3 is 0 Å². The molecular weight excluding hydrogens is 432 g/mol. The van der Waals surface area contributed by atoms with Crippen LogP contribution in [0.4, 0.5) is 0 Å². The van der Waals surface area contributed by atoms with Crippen LogP contribution in [0.15, 0.2) is 79.1 Å². The van der Waals surface area contributed by atoms with Gasteiger partial charge in [0.2, 0.25) is 0 Å². The number of ether oxygens (including phenoxy) is 1. The minimum Gasteiger partial charge on any atom is -0.489 e. The van der Waals surface area contributed by atoms with Crippen molar-refractivity contribution in [1.82, 2.24) is 9.55 Å². The number of benzene rings is 3. The fraction of sp³-hybridized carbons (Fsp3) is 0.222. The minimum absolute atomic E-state index is 0.0934. The smallest absolute Gasteiger partial charge is 0.153 e. The molecule has 0 aliphatic carbocycles. The van der Waals surface area contributed by atoms with Gasteiger partial charge in [-0.25, -0.2) is 9.19 Å². The molecule has 0 spiro atoms. The standard InChI is InChI=1S/C27H28N2O3S/c1-19-6-4-7-20(2)26(19)23-9-5-8-21(16-23)17-32-24-12-10-22(11-13-24)25(18-33(30)31)27-28-14-15-29(27)3/h4-16,25H,17-18H2,1-3H3,(H,30,31). The lowest BCUT2D eigenvalue weighted by atomic mass is 9.95. The normalized spacial score (nSPS) is 13.0. The van der Waals surface area contributed by atoms with Gasteiger partial charge in [-0.2, -0.15) is 0 Å². The number of hydrogen-bond donors (Lipinski definition) is 1. The second-order valence-corrected chi connectivity index (χ2v) is 9.24. The van der Waals surface area contributed by atoms with E-state index in [1.807, 2.05) is 42.1 Å². The van der Waals surface area contributed by atoms with Crippen molar-refractivity contribution in [2.75, 3.05) is 5.75 Å². The molecule has 1 aromatic heterocycles. The van der Waals surface area contributed by atoms with E-state index in [1.54, 1.807) is 6.20 Å². The molecule has 0 bridgehead atoms. The van der Waals surface area contributed by atoms with E-state index >= 15 is 0 Å². The van der Waals surface area contributed by atoms with Gasteiger partial charge in [-0.1, -0.05) is 48.5 Å². The zero-order valence-electron chi connectivity index (χ0n) is 19.1. The van der Waals surface area contributed by atoms with Gasteiger partial charge in [0.15, 0.2) is 11.1 Å². The van der Waals surface area contributed by atoms with Crippen molar-refractivity contribution in [3.63, 3.8) is 0 Å². The van der Waals surface area contributed by atoms with Crippen LogP contribution in [-0.2, 0) is 24.7 Å². The van der Waals surface area contributed by atoms with Crippen molar-refractivity contribution < 1.29 is 13.5 Å². The van der Waals surface area contributed by atoms with Crippen LogP contribution in [0.1, 0.15) is 34.0 Å². The number of aryl methyl sites for hydroxylation is 3. The van der Waals surface area contributed by atoms with Crippen LogP contribution in [0.2, 0.25) is 0 Å². The summed E-state index contributed by atoms with van der Waals surface area (Å²) < 4.78 is 28.9. The lowest BCUT2D eigenvalue weighted by Gasteiger charge is -2.16. The molecular formula is C27H28N2O3S. The molecule has 2 unspecified atom stereocenters. The zero-order chi connectivity index (χ0) is 23.4. The maximum Gasteiger partial charge on any atom is 0.153 e. The molecule has 4 rings (SSSR count). The topological polar surface area (TPSA) is 64.3 Å². The van der Waals surface area contributed by atoms with Gasteiger partial charge in [0.1, 0.15) is 18.2 Å². The van der Waals surface area contributed by atoms with Gasteiger partial charge in [-0.3, -0.25) is 0 Å². The minimum atomic E-state index is -1.93. The molecule has 0 aliphatic heterocycles. The number of imidazole rings is 1. The molecule has 0 saturated carbocycles. The Morgan fingerprint density at radius 3 is 2.36 bits per heavy atom. The summed E-state index contributed by atoms with van der Waals surface area (Å²) in [5, 5.41) is 0. The summed E-state index contributed by atoms with van der Waals surface area (Å²) in [5.41, 5.74) is 7.00. The summed E-state index contributed by atoms with van der Waals surface area (Å²) in [6.45, 7) is 4.73. The fourth-order valence-corrected chi connectivity index (χ4v) is 4.85. The zero-order valence-corrected chi connectivity index (χ0v) is 19.9. The van der Waals surface area contributed by atoms with Crippen molar-refractivity contribution in [2.24, 2.45) is 7.05 Å². The van der Waals surface area contributed by atoms with Crippen molar-refractivity contribution in [3.8, 4) is 16.9 Å². The van der Waals surface area contributed by atoms with Crippen molar-refractivity contribution in [2.45, 2.75) is 26.4 Å². The Bertz CT molecular complexity index is 1240. The summed E-state index contributed by atoms with van der Waals surface area (Å²) >= 11 is -1.93. The Morgan fingerprint density at radius 1 is 1.03 bits per heavy atom. The van der Waals surface area contributed by atoms with Crippen LogP contribution >= 0.6 is 0 Å². The first-order valence-corrected chi connectivity index (χ1v) is 12.1. The highest BCUT2D eigenvalue weighted by molar-refractivity contribution is 7.79. The van der Waals surface area contributed by atoms with Gasteiger partial charge in [0, 0.05) is 19.4 Å². The molecule has 2 atom stereocenters. The molecule has 1 N–H and O–H groups in total. The van der Waals surface area contributed by atoms with E-state index in [0.29, 0.717) is 6.61 Å². The molecule has 170 valence electrons. The highest BCUT2D eigenvalue weighted by atomic mass is 32.2. The summed E-state index contributed by atoms with van der Waals surface area (Å²) in [6.07, 6.45) is 3.54. The molecule has 0 fully saturated rings. The Labute approximate surface area is 197 Å². The Kier molecular flexibility index (Phi) is 7.06. The van der Waals surface area contributed by atoms with E-state index in [4.69, 9.17) is 4.74 Å². The quantitative estimate of drug-likeness (QED) is 0.346. The van der Waals surface area contributed by atoms with E-state index in [0.717, 1.165) is 22.7 Å². The average molecular weight is 461 g/mol. The van der Waals surface area contributed by atoms with Crippen molar-refractivity contribution in [1.29, 1.82) is 0 Å². The fourth-order valence-electron chi connectivity index (χ4n) is 4.22. The van der Waals surface area contributed by atoms with E-state index in [9.17, 15) is 8.76 Å². The second-order valence-electron chi connectivity index (χ2n) is 8.26. The summed E-state index contributed by atoms with van der Waals surface area (Å²) in [5.74, 6) is 1.34. The predicted molar refractivity (Wildman–Crippen MR) is 133 cm³/mol. The van der Waals surface area contributed by atoms with Gasteiger partial charge in [-0.05, 0) is 65.4 Å². The summed E-state index contributed by atoms with van der Waals surface area (Å²) in [6, 6.07) is 22.5. The molecule has 0 aliphatic rings. The largest absolute Gasteiger partial charge is 0.489 e. The lowest BCUT2D eigenvalue weighted by molar-refractivity contribution is 0.306. The van der Waals surface area contributed by atoms with Crippen molar-refractivity contribution in [3.05, 3.63) is 107 Å². The van der Waals surface area contributed by atoms with Crippen molar-refractivity contribution >= 4 is 11.1 Å². The van der Waals surface area contributed by atoms with Crippen LogP contribution in [0.3, 0.4) is 0 Å². The molecule has 33 heavy (non-hydrogen) atoms. The van der Waals surface area contributed by atoms with E-state index in [-0.39, 0.29) is 11.7 Å². The Balaban J connectivity index is 1.49. The number of nitrogens with zero attached hydrogens (tertiary/aromatic N) is 2. The van der Waals surface area contributed by atoms with Crippen LogP contribution in [0.25, 0.3) is 11.1 Å². The van der Waals surface area contributed by atoms with Crippen LogP contribution in [0, 0.1) is 13.8 Å². The maximum atomic E-state index is 11.5. The molecule has 4 aromatic rings. The van der Waals surface area contributed by atoms with Gasteiger partial charge in [0.05, 0.1) is 11.7 Å². The lowest BCUT2D eigenvalue weighted by Crippen LogP contribution is -2.15. The maximum absolute atomic E-state index is 11.5. The second kappa shape index (κ2) is 10.1. The van der Waals surface area contributed by atoms with E-state index in [1.165, 1.54) is 22.3 Å². The highest BCUT2D eigenvalue weighted by Gasteiger charge is 2.21. The van der Waals surface area contributed by atoms with E-state index in [2.05, 4.69) is 61.3 Å². The number of aromatic nitrogens is 2. The molecule has 3 aromatic carbocycles. The molecule has 5 nitrogen and oxygen atoms in total. The van der Waals surface area contributed by atoms with Gasteiger partial charge in [-0.15, -0.1) is 0 Å². The van der Waals surface area contributed by atoms with Gasteiger partial charge in [0.25, 0.3) is 0 Å². The number of rotatable bonds is 8. The molecule has 0 saturated heterocycles. The molecule has 0 radical (unpaired) electrons. The Morgan fingerprint density at radius 2 is 1.73 bits per heavy atom. The third-order valence-corrected chi connectivity index (χ3v) is 6.48. The third-order valence-electron chi connectivity index (χ3n) is 5.86. The molecule has 1 heterocycles.